The van der Waals surface area contributed by atoms with Gasteiger partial charge >= 0.3 is 0 Å². The van der Waals surface area contributed by atoms with Gasteiger partial charge in [0, 0.05) is 37.3 Å². The summed E-state index contributed by atoms with van der Waals surface area (Å²) >= 11 is 0. The molecule has 1 N–H and O–H groups in total. The van der Waals surface area contributed by atoms with Crippen molar-refractivity contribution in [1.29, 1.82) is 0 Å². The molecular weight excluding hydrogens is 248 g/mol. The molecule has 0 saturated carbocycles. The van der Waals surface area contributed by atoms with Gasteiger partial charge in [0.1, 0.15) is 0 Å². The third kappa shape index (κ3) is 4.44. The molecule has 1 aliphatic heterocycles. The fraction of sp³-hybridized carbons (Fsp3) is 1.00. The first kappa shape index (κ1) is 17.9. The molecule has 0 bridgehead atoms. The van der Waals surface area contributed by atoms with Crippen molar-refractivity contribution in [3.63, 3.8) is 0 Å². The second-order valence-electron chi connectivity index (χ2n) is 6.58. The first-order chi connectivity index (χ1) is 9.55. The Hall–Kier alpha value is -0.120. The third-order valence-electron chi connectivity index (χ3n) is 5.36. The Balaban J connectivity index is 2.56. The van der Waals surface area contributed by atoms with Crippen molar-refractivity contribution in [3.05, 3.63) is 0 Å². The maximum absolute atomic E-state index is 5.79. The van der Waals surface area contributed by atoms with Gasteiger partial charge in [-0.2, -0.15) is 0 Å². The average molecular weight is 284 g/mol. The zero-order valence-corrected chi connectivity index (χ0v) is 14.4. The Morgan fingerprint density at radius 2 is 1.75 bits per heavy atom. The van der Waals surface area contributed by atoms with E-state index in [1.54, 1.807) is 0 Å². The van der Waals surface area contributed by atoms with Crippen LogP contribution in [0.2, 0.25) is 0 Å². The zero-order chi connectivity index (χ0) is 15.1. The molecule has 0 aromatic heterocycles. The number of unbranched alkanes of at least 4 members (excludes halogenated alkanes) is 1. The molecule has 0 aromatic rings. The lowest BCUT2D eigenvalue weighted by Gasteiger charge is -2.53. The van der Waals surface area contributed by atoms with E-state index in [1.165, 1.54) is 32.1 Å². The predicted octanol–water partition coefficient (Wildman–Crippen LogP) is 3.44. The minimum Gasteiger partial charge on any atom is -0.380 e. The average Bonchev–Trinajstić information content (AvgIpc) is 2.49. The normalized spacial score (nSPS) is 26.9. The molecule has 1 heterocycles. The van der Waals surface area contributed by atoms with Crippen molar-refractivity contribution in [3.8, 4) is 0 Å². The van der Waals surface area contributed by atoms with Crippen molar-refractivity contribution in [1.82, 2.24) is 10.2 Å². The fourth-order valence-corrected chi connectivity index (χ4v) is 3.05. The molecule has 0 amide bonds. The lowest BCUT2D eigenvalue weighted by atomic mass is 9.83. The van der Waals surface area contributed by atoms with Crippen LogP contribution in [0.4, 0.5) is 0 Å². The highest BCUT2D eigenvalue weighted by molar-refractivity contribution is 5.02. The van der Waals surface area contributed by atoms with Crippen LogP contribution in [0.15, 0.2) is 0 Å². The molecule has 0 aromatic carbocycles. The highest BCUT2D eigenvalue weighted by Crippen LogP contribution is 2.30. The highest BCUT2D eigenvalue weighted by Gasteiger charge is 2.41. The minimum atomic E-state index is 0.280. The van der Waals surface area contributed by atoms with Crippen LogP contribution in [-0.2, 0) is 4.74 Å². The first-order valence-corrected chi connectivity index (χ1v) is 8.63. The van der Waals surface area contributed by atoms with E-state index in [9.17, 15) is 0 Å². The standard InChI is InChI=1S/C17H36N2O/c1-6-10-12-20-13-11-19-15-17(8-3,9-4)18-14-16(19,5)7-2/h18H,6-15H2,1-5H3. The van der Waals surface area contributed by atoms with Crippen LogP contribution in [0.1, 0.15) is 66.7 Å². The molecule has 0 radical (unpaired) electrons. The van der Waals surface area contributed by atoms with E-state index in [0.29, 0.717) is 5.54 Å². The van der Waals surface area contributed by atoms with Gasteiger partial charge in [-0.05, 0) is 32.6 Å². The Morgan fingerprint density at radius 3 is 2.30 bits per heavy atom. The van der Waals surface area contributed by atoms with E-state index < -0.39 is 0 Å². The molecule has 0 aliphatic carbocycles. The van der Waals surface area contributed by atoms with Gasteiger partial charge < -0.3 is 10.1 Å². The molecule has 3 nitrogen and oxygen atoms in total. The zero-order valence-electron chi connectivity index (χ0n) is 14.4. The summed E-state index contributed by atoms with van der Waals surface area (Å²) in [4.78, 5) is 2.67. The fourth-order valence-electron chi connectivity index (χ4n) is 3.05. The quantitative estimate of drug-likeness (QED) is 0.656. The lowest BCUT2D eigenvalue weighted by Crippen LogP contribution is -2.69. The summed E-state index contributed by atoms with van der Waals surface area (Å²) < 4.78 is 5.79. The summed E-state index contributed by atoms with van der Waals surface area (Å²) in [7, 11) is 0. The van der Waals surface area contributed by atoms with E-state index in [0.717, 1.165) is 32.8 Å². The van der Waals surface area contributed by atoms with Gasteiger partial charge in [0.15, 0.2) is 0 Å². The molecule has 1 atom stereocenters. The monoisotopic (exact) mass is 284 g/mol. The summed E-state index contributed by atoms with van der Waals surface area (Å²) in [5.74, 6) is 0. The Kier molecular flexibility index (Phi) is 7.49. The third-order valence-corrected chi connectivity index (χ3v) is 5.36. The molecule has 1 saturated heterocycles. The van der Waals surface area contributed by atoms with Crippen molar-refractivity contribution in [2.24, 2.45) is 0 Å². The van der Waals surface area contributed by atoms with Crippen LogP contribution in [0.3, 0.4) is 0 Å². The Bertz CT molecular complexity index is 266. The van der Waals surface area contributed by atoms with Crippen molar-refractivity contribution in [2.75, 3.05) is 32.8 Å². The second-order valence-corrected chi connectivity index (χ2v) is 6.58. The van der Waals surface area contributed by atoms with Crippen LogP contribution >= 0.6 is 0 Å². The largest absolute Gasteiger partial charge is 0.380 e. The maximum atomic E-state index is 5.79. The molecule has 1 rings (SSSR count). The Morgan fingerprint density at radius 1 is 1.05 bits per heavy atom. The van der Waals surface area contributed by atoms with E-state index in [-0.39, 0.29) is 5.54 Å². The number of hydrogen-bond donors (Lipinski definition) is 1. The van der Waals surface area contributed by atoms with E-state index >= 15 is 0 Å². The van der Waals surface area contributed by atoms with Gasteiger partial charge in [0.25, 0.3) is 0 Å². The first-order valence-electron chi connectivity index (χ1n) is 8.63. The van der Waals surface area contributed by atoms with E-state index in [4.69, 9.17) is 4.74 Å². The van der Waals surface area contributed by atoms with E-state index in [2.05, 4.69) is 44.8 Å². The van der Waals surface area contributed by atoms with Crippen LogP contribution in [0, 0.1) is 0 Å². The van der Waals surface area contributed by atoms with Gasteiger partial charge in [-0.1, -0.05) is 34.1 Å². The SMILES string of the molecule is CCCCOCCN1CC(CC)(CC)NCC1(C)CC. The number of nitrogens with one attached hydrogen (secondary N) is 1. The molecule has 1 unspecified atom stereocenters. The summed E-state index contributed by atoms with van der Waals surface area (Å²) in [5, 5.41) is 3.83. The lowest BCUT2D eigenvalue weighted by molar-refractivity contribution is -0.0119. The van der Waals surface area contributed by atoms with Crippen molar-refractivity contribution < 1.29 is 4.74 Å². The van der Waals surface area contributed by atoms with E-state index in [1.807, 2.05) is 0 Å². The summed E-state index contributed by atoms with van der Waals surface area (Å²) in [6, 6.07) is 0. The highest BCUT2D eigenvalue weighted by atomic mass is 16.5. The van der Waals surface area contributed by atoms with Crippen molar-refractivity contribution >= 4 is 0 Å². The maximum Gasteiger partial charge on any atom is 0.0593 e. The summed E-state index contributed by atoms with van der Waals surface area (Å²) in [6.07, 6.45) is 6.00. The molecule has 20 heavy (non-hydrogen) atoms. The molecule has 3 heteroatoms. The van der Waals surface area contributed by atoms with Crippen LogP contribution in [0.25, 0.3) is 0 Å². The molecule has 120 valence electrons. The number of nitrogens with zero attached hydrogens (tertiary/aromatic N) is 1. The Labute approximate surface area is 126 Å². The number of hydrogen-bond acceptors (Lipinski definition) is 3. The van der Waals surface area contributed by atoms with Crippen LogP contribution in [-0.4, -0.2) is 48.8 Å². The number of rotatable bonds is 9. The second kappa shape index (κ2) is 8.35. The van der Waals surface area contributed by atoms with Gasteiger partial charge in [-0.25, -0.2) is 0 Å². The van der Waals surface area contributed by atoms with Crippen LogP contribution in [0.5, 0.6) is 0 Å². The molecular formula is C17H36N2O. The van der Waals surface area contributed by atoms with Gasteiger partial charge in [0.05, 0.1) is 6.61 Å². The van der Waals surface area contributed by atoms with Gasteiger partial charge in [0.2, 0.25) is 0 Å². The molecule has 1 fully saturated rings. The summed E-state index contributed by atoms with van der Waals surface area (Å²) in [5.41, 5.74) is 0.583. The smallest absolute Gasteiger partial charge is 0.0593 e. The number of ether oxygens (including phenoxy) is 1. The number of piperazine rings is 1. The molecule has 0 spiro atoms. The van der Waals surface area contributed by atoms with Gasteiger partial charge in [-0.15, -0.1) is 0 Å². The predicted molar refractivity (Wildman–Crippen MR) is 87.3 cm³/mol. The molecule has 1 aliphatic rings. The van der Waals surface area contributed by atoms with Crippen LogP contribution < -0.4 is 5.32 Å². The summed E-state index contributed by atoms with van der Waals surface area (Å²) in [6.45, 7) is 16.6. The van der Waals surface area contributed by atoms with Crippen molar-refractivity contribution in [2.45, 2.75) is 77.8 Å². The van der Waals surface area contributed by atoms with Gasteiger partial charge in [-0.3, -0.25) is 4.90 Å². The minimum absolute atomic E-state index is 0.280. The topological polar surface area (TPSA) is 24.5 Å².